The highest BCUT2D eigenvalue weighted by Crippen LogP contribution is 2.40. The molecule has 0 atom stereocenters. The third-order valence-corrected chi connectivity index (χ3v) is 7.67. The molecule has 0 saturated heterocycles. The van der Waals surface area contributed by atoms with Crippen LogP contribution in [0.3, 0.4) is 0 Å². The SMILES string of the molecule is C=CCCC.Cc1cccc(-c2cc(CCc3cccc(C4CC4)c3)c3c(-c4ccccc4)cccc3c2)c1. The molecule has 0 aromatic heterocycles. The van der Waals surface area contributed by atoms with Crippen LogP contribution in [0.2, 0.25) is 0 Å². The summed E-state index contributed by atoms with van der Waals surface area (Å²) < 4.78 is 0. The molecule has 1 fully saturated rings. The molecule has 1 saturated carbocycles. The fourth-order valence-electron chi connectivity index (χ4n) is 5.47. The molecule has 0 nitrogen and oxygen atoms in total. The number of allylic oxidation sites excluding steroid dienone is 1. The van der Waals surface area contributed by atoms with Gasteiger partial charge in [-0.05, 0) is 101 Å². The normalized spacial score (nSPS) is 12.6. The molecule has 196 valence electrons. The smallest absolute Gasteiger partial charge is 0.00728 e. The van der Waals surface area contributed by atoms with Crippen LogP contribution in [0.25, 0.3) is 33.0 Å². The zero-order valence-electron chi connectivity index (χ0n) is 23.5. The summed E-state index contributed by atoms with van der Waals surface area (Å²) in [4.78, 5) is 0. The molecule has 39 heavy (non-hydrogen) atoms. The molecule has 0 bridgehead atoms. The Hall–Kier alpha value is -3.90. The zero-order chi connectivity index (χ0) is 27.0. The first-order valence-corrected chi connectivity index (χ1v) is 14.5. The largest absolute Gasteiger partial charge is 0.103 e. The summed E-state index contributed by atoms with van der Waals surface area (Å²) in [6, 6.07) is 40.6. The third-order valence-electron chi connectivity index (χ3n) is 7.67. The Kier molecular flexibility index (Phi) is 8.74. The van der Waals surface area contributed by atoms with E-state index in [1.54, 1.807) is 0 Å². The van der Waals surface area contributed by atoms with Gasteiger partial charge in [0.25, 0.3) is 0 Å². The number of hydrogen-bond donors (Lipinski definition) is 0. The van der Waals surface area contributed by atoms with Crippen molar-refractivity contribution in [3.8, 4) is 22.3 Å². The summed E-state index contributed by atoms with van der Waals surface area (Å²) >= 11 is 0. The molecule has 0 N–H and O–H groups in total. The molecule has 0 spiro atoms. The first kappa shape index (κ1) is 26.7. The molecule has 0 unspecified atom stereocenters. The highest BCUT2D eigenvalue weighted by Gasteiger charge is 2.23. The monoisotopic (exact) mass is 508 g/mol. The van der Waals surface area contributed by atoms with E-state index in [4.69, 9.17) is 0 Å². The molecule has 1 aliphatic carbocycles. The maximum atomic E-state index is 3.55. The lowest BCUT2D eigenvalue weighted by Gasteiger charge is -2.16. The Morgan fingerprint density at radius 3 is 2.21 bits per heavy atom. The summed E-state index contributed by atoms with van der Waals surface area (Å²) in [6.07, 6.45) is 9.12. The van der Waals surface area contributed by atoms with E-state index >= 15 is 0 Å². The van der Waals surface area contributed by atoms with E-state index in [9.17, 15) is 0 Å². The van der Waals surface area contributed by atoms with Gasteiger partial charge in [-0.15, -0.1) is 6.58 Å². The average molecular weight is 509 g/mol. The van der Waals surface area contributed by atoms with Crippen molar-refractivity contribution in [3.63, 3.8) is 0 Å². The number of fused-ring (bicyclic) bond motifs is 1. The van der Waals surface area contributed by atoms with Gasteiger partial charge in [0.05, 0.1) is 0 Å². The highest BCUT2D eigenvalue weighted by atomic mass is 14.3. The predicted octanol–water partition coefficient (Wildman–Crippen LogP) is 11.1. The van der Waals surface area contributed by atoms with Gasteiger partial charge < -0.3 is 0 Å². The van der Waals surface area contributed by atoms with Crippen molar-refractivity contribution in [1.82, 2.24) is 0 Å². The van der Waals surface area contributed by atoms with Gasteiger partial charge >= 0.3 is 0 Å². The Morgan fingerprint density at radius 1 is 0.718 bits per heavy atom. The summed E-state index contributed by atoms with van der Waals surface area (Å²) in [6.45, 7) is 7.86. The molecule has 5 aromatic rings. The molecule has 5 aromatic carbocycles. The maximum absolute atomic E-state index is 3.55. The van der Waals surface area contributed by atoms with Gasteiger partial charge in [-0.3, -0.25) is 0 Å². The van der Waals surface area contributed by atoms with Gasteiger partial charge in [0.15, 0.2) is 0 Å². The first-order chi connectivity index (χ1) is 19.2. The fourth-order valence-corrected chi connectivity index (χ4v) is 5.47. The van der Waals surface area contributed by atoms with Gasteiger partial charge in [-0.25, -0.2) is 0 Å². The quantitative estimate of drug-likeness (QED) is 0.183. The Balaban J connectivity index is 0.000000567. The Bertz CT molecular complexity index is 1540. The topological polar surface area (TPSA) is 0 Å². The van der Waals surface area contributed by atoms with E-state index in [1.165, 1.54) is 74.5 Å². The molecule has 6 rings (SSSR count). The van der Waals surface area contributed by atoms with Crippen molar-refractivity contribution < 1.29 is 0 Å². The molecule has 1 aliphatic rings. The third kappa shape index (κ3) is 6.76. The molecular formula is C39H40. The van der Waals surface area contributed by atoms with Crippen LogP contribution in [0.4, 0.5) is 0 Å². The van der Waals surface area contributed by atoms with Crippen LogP contribution < -0.4 is 0 Å². The van der Waals surface area contributed by atoms with Crippen LogP contribution in [0.15, 0.2) is 122 Å². The summed E-state index contributed by atoms with van der Waals surface area (Å²) in [5.74, 6) is 0.801. The van der Waals surface area contributed by atoms with E-state index in [2.05, 4.69) is 130 Å². The van der Waals surface area contributed by atoms with Crippen molar-refractivity contribution in [2.45, 2.75) is 58.3 Å². The van der Waals surface area contributed by atoms with Gasteiger partial charge in [0, 0.05) is 0 Å². The van der Waals surface area contributed by atoms with E-state index < -0.39 is 0 Å². The lowest BCUT2D eigenvalue weighted by molar-refractivity contribution is 0.961. The molecule has 0 heteroatoms. The molecule has 0 aliphatic heterocycles. The van der Waals surface area contributed by atoms with Crippen molar-refractivity contribution in [1.29, 1.82) is 0 Å². The van der Waals surface area contributed by atoms with Crippen LogP contribution in [0, 0.1) is 6.92 Å². The number of unbranched alkanes of at least 4 members (excludes halogenated alkanes) is 1. The second-order valence-corrected chi connectivity index (χ2v) is 10.9. The van der Waals surface area contributed by atoms with Crippen LogP contribution in [-0.4, -0.2) is 0 Å². The first-order valence-electron chi connectivity index (χ1n) is 14.5. The number of benzene rings is 5. The van der Waals surface area contributed by atoms with Crippen LogP contribution in [0.1, 0.15) is 60.8 Å². The number of rotatable bonds is 8. The van der Waals surface area contributed by atoms with Gasteiger partial charge in [0.2, 0.25) is 0 Å². The van der Waals surface area contributed by atoms with Crippen LogP contribution in [-0.2, 0) is 12.8 Å². The summed E-state index contributed by atoms with van der Waals surface area (Å²) in [5, 5.41) is 2.71. The molecular weight excluding hydrogens is 468 g/mol. The number of hydrogen-bond acceptors (Lipinski definition) is 0. The van der Waals surface area contributed by atoms with Crippen molar-refractivity contribution >= 4 is 10.8 Å². The minimum atomic E-state index is 0.801. The zero-order valence-corrected chi connectivity index (χ0v) is 23.5. The lowest BCUT2D eigenvalue weighted by atomic mass is 9.88. The van der Waals surface area contributed by atoms with E-state index in [-0.39, 0.29) is 0 Å². The van der Waals surface area contributed by atoms with Crippen molar-refractivity contribution in [2.75, 3.05) is 0 Å². The van der Waals surface area contributed by atoms with E-state index in [1.807, 2.05) is 6.08 Å². The van der Waals surface area contributed by atoms with E-state index in [0.29, 0.717) is 0 Å². The minimum absolute atomic E-state index is 0.801. The highest BCUT2D eigenvalue weighted by molar-refractivity contribution is 6.01. The maximum Gasteiger partial charge on any atom is -0.00728 e. The van der Waals surface area contributed by atoms with Crippen molar-refractivity contribution in [2.24, 2.45) is 0 Å². The molecule has 0 radical (unpaired) electrons. The Morgan fingerprint density at radius 2 is 1.49 bits per heavy atom. The Labute approximate surface area is 235 Å². The van der Waals surface area contributed by atoms with Gasteiger partial charge in [0.1, 0.15) is 0 Å². The summed E-state index contributed by atoms with van der Waals surface area (Å²) in [5.41, 5.74) is 10.9. The van der Waals surface area contributed by atoms with Crippen molar-refractivity contribution in [3.05, 3.63) is 144 Å². The molecule has 0 heterocycles. The predicted molar refractivity (Wildman–Crippen MR) is 170 cm³/mol. The van der Waals surface area contributed by atoms with Crippen LogP contribution in [0.5, 0.6) is 0 Å². The fraction of sp³-hybridized carbons (Fsp3) is 0.231. The number of aryl methyl sites for hydroxylation is 3. The average Bonchev–Trinajstić information content (AvgIpc) is 3.83. The summed E-state index contributed by atoms with van der Waals surface area (Å²) in [7, 11) is 0. The van der Waals surface area contributed by atoms with E-state index in [0.717, 1.165) is 25.2 Å². The van der Waals surface area contributed by atoms with Gasteiger partial charge in [-0.1, -0.05) is 128 Å². The lowest BCUT2D eigenvalue weighted by Crippen LogP contribution is -1.96. The minimum Gasteiger partial charge on any atom is -0.103 e. The second kappa shape index (κ2) is 12.8. The van der Waals surface area contributed by atoms with Crippen LogP contribution >= 0.6 is 0 Å². The van der Waals surface area contributed by atoms with Gasteiger partial charge in [-0.2, -0.15) is 0 Å². The standard InChI is InChI=1S/C34H30.C5H10/c1-24-8-5-12-28(20-24)32-22-30-14-7-15-33(27-10-3-2-4-11-27)34(30)31(23-32)17-16-25-9-6-13-29(21-25)26-18-19-26;1-3-5-4-2/h2-15,20-23,26H,16-19H2,1H3;3H,1,4-5H2,2H3. The molecule has 0 amide bonds. The second-order valence-electron chi connectivity index (χ2n) is 10.9.